The number of pyridine rings is 1. The third-order valence-electron chi connectivity index (χ3n) is 5.29. The van der Waals surface area contributed by atoms with E-state index >= 15 is 0 Å². The number of nitriles is 1. The first-order chi connectivity index (χ1) is 12.7. The summed E-state index contributed by atoms with van der Waals surface area (Å²) >= 11 is 0. The third-order valence-corrected chi connectivity index (χ3v) is 5.29. The predicted octanol–water partition coefficient (Wildman–Crippen LogP) is 5.09. The fourth-order valence-electron chi connectivity index (χ4n) is 3.85. The quantitative estimate of drug-likeness (QED) is 0.653. The number of carbonyl (C=O) groups is 1. The second-order valence-corrected chi connectivity index (χ2v) is 6.80. The number of hydrogen-bond donors (Lipinski definition) is 0. The van der Waals surface area contributed by atoms with E-state index in [4.69, 9.17) is 5.26 Å². The van der Waals surface area contributed by atoms with Crippen molar-refractivity contribution in [3.63, 3.8) is 0 Å². The Hall–Kier alpha value is -3.25. The monoisotopic (exact) mass is 338 g/mol. The molecule has 26 heavy (non-hydrogen) atoms. The summed E-state index contributed by atoms with van der Waals surface area (Å²) in [5.74, 6) is 0.591. The zero-order valence-electron chi connectivity index (χ0n) is 14.5. The van der Waals surface area contributed by atoms with Crippen LogP contribution >= 0.6 is 0 Å². The number of ketones is 1. The molecule has 3 nitrogen and oxygen atoms in total. The summed E-state index contributed by atoms with van der Waals surface area (Å²) in [4.78, 5) is 17.1. The van der Waals surface area contributed by atoms with Crippen LogP contribution in [-0.4, -0.2) is 10.8 Å². The molecule has 0 fully saturated rings. The molecule has 0 saturated heterocycles. The van der Waals surface area contributed by atoms with Crippen LogP contribution in [0, 0.1) is 11.3 Å². The van der Waals surface area contributed by atoms with Gasteiger partial charge in [-0.2, -0.15) is 5.26 Å². The number of nitrogens with zero attached hydrogens (tertiary/aromatic N) is 2. The second kappa shape index (κ2) is 6.57. The van der Waals surface area contributed by atoms with E-state index in [0.717, 1.165) is 27.8 Å². The molecule has 3 aromatic rings. The van der Waals surface area contributed by atoms with Crippen LogP contribution in [0.4, 0.5) is 0 Å². The molecule has 3 heteroatoms. The van der Waals surface area contributed by atoms with E-state index in [-0.39, 0.29) is 17.6 Å². The molecule has 0 spiro atoms. The summed E-state index contributed by atoms with van der Waals surface area (Å²) in [5.41, 5.74) is 5.57. The molecule has 126 valence electrons. The van der Waals surface area contributed by atoms with Crippen LogP contribution in [-0.2, 0) is 0 Å². The Morgan fingerprint density at radius 3 is 2.69 bits per heavy atom. The Bertz CT molecular complexity index is 1020. The number of aromatic nitrogens is 1. The number of hydrogen-bond acceptors (Lipinski definition) is 3. The Morgan fingerprint density at radius 2 is 1.92 bits per heavy atom. The lowest BCUT2D eigenvalue weighted by Gasteiger charge is -2.31. The molecule has 2 atom stereocenters. The first-order valence-corrected chi connectivity index (χ1v) is 8.75. The highest BCUT2D eigenvalue weighted by Crippen LogP contribution is 2.42. The Balaban J connectivity index is 1.74. The number of carbonyl (C=O) groups excluding carboxylic acids is 1. The van der Waals surface area contributed by atoms with Crippen LogP contribution in [0.15, 0.2) is 67.0 Å². The van der Waals surface area contributed by atoms with Crippen LogP contribution in [0.2, 0.25) is 0 Å². The molecular weight excluding hydrogens is 320 g/mol. The van der Waals surface area contributed by atoms with Crippen molar-refractivity contribution in [2.45, 2.75) is 25.2 Å². The van der Waals surface area contributed by atoms with Crippen molar-refractivity contribution in [1.82, 2.24) is 4.98 Å². The second-order valence-electron chi connectivity index (χ2n) is 6.80. The maximum absolute atomic E-state index is 12.8. The van der Waals surface area contributed by atoms with Gasteiger partial charge in [0.05, 0.1) is 11.6 Å². The van der Waals surface area contributed by atoms with Crippen molar-refractivity contribution >= 4 is 5.78 Å². The molecule has 0 saturated carbocycles. The molecule has 4 rings (SSSR count). The lowest BCUT2D eigenvalue weighted by atomic mass is 9.72. The van der Waals surface area contributed by atoms with E-state index in [1.807, 2.05) is 48.7 Å². The van der Waals surface area contributed by atoms with Crippen molar-refractivity contribution in [3.05, 3.63) is 89.2 Å². The predicted molar refractivity (Wildman–Crippen MR) is 101 cm³/mol. The number of Topliss-reactive ketones (excluding diaryl/α,β-unsaturated/α-hetero) is 1. The van der Waals surface area contributed by atoms with E-state index in [9.17, 15) is 4.79 Å². The van der Waals surface area contributed by atoms with Crippen molar-refractivity contribution < 1.29 is 4.79 Å². The van der Waals surface area contributed by atoms with E-state index in [0.29, 0.717) is 12.0 Å². The molecule has 1 aromatic heterocycles. The molecule has 2 unspecified atom stereocenters. The highest BCUT2D eigenvalue weighted by atomic mass is 16.1. The smallest absolute Gasteiger partial charge is 0.163 e. The number of benzene rings is 2. The molecule has 1 heterocycles. The van der Waals surface area contributed by atoms with Gasteiger partial charge in [-0.05, 0) is 58.4 Å². The fourth-order valence-corrected chi connectivity index (χ4v) is 3.85. The zero-order valence-corrected chi connectivity index (χ0v) is 14.5. The van der Waals surface area contributed by atoms with Crippen LogP contribution in [0.5, 0.6) is 0 Å². The first kappa shape index (κ1) is 16.2. The van der Waals surface area contributed by atoms with Crippen molar-refractivity contribution in [1.29, 1.82) is 5.26 Å². The van der Waals surface area contributed by atoms with Gasteiger partial charge in [-0.15, -0.1) is 0 Å². The van der Waals surface area contributed by atoms with Gasteiger partial charge in [-0.3, -0.25) is 9.78 Å². The van der Waals surface area contributed by atoms with Crippen molar-refractivity contribution in [3.8, 4) is 17.2 Å². The molecule has 0 bridgehead atoms. The standard InChI is InChI=1S/C23H18N2O/c1-15-20-8-7-18(17-5-2-4-16(10-17)13-24)11-22(20)23(26)12-21(15)19-6-3-9-25-14-19/h2-11,14-15,21H,12H2,1H3. The molecular formula is C23H18N2O. The Kier molecular flexibility index (Phi) is 4.10. The van der Waals surface area contributed by atoms with E-state index in [1.165, 1.54) is 0 Å². The summed E-state index contributed by atoms with van der Waals surface area (Å²) in [7, 11) is 0. The maximum atomic E-state index is 12.8. The SMILES string of the molecule is CC1c2ccc(-c3cccc(C#N)c3)cc2C(=O)CC1c1cccnc1. The van der Waals surface area contributed by atoms with E-state index in [1.54, 1.807) is 12.3 Å². The number of rotatable bonds is 2. The maximum Gasteiger partial charge on any atom is 0.163 e. The highest BCUT2D eigenvalue weighted by Gasteiger charge is 2.32. The summed E-state index contributed by atoms with van der Waals surface area (Å²) in [6, 6.07) is 19.7. The van der Waals surface area contributed by atoms with Gasteiger partial charge < -0.3 is 0 Å². The molecule has 1 aliphatic carbocycles. The average molecular weight is 338 g/mol. The minimum absolute atomic E-state index is 0.163. The first-order valence-electron chi connectivity index (χ1n) is 8.75. The molecule has 1 aliphatic rings. The van der Waals surface area contributed by atoms with Gasteiger partial charge in [0.2, 0.25) is 0 Å². The van der Waals surface area contributed by atoms with E-state index in [2.05, 4.69) is 24.0 Å². The van der Waals surface area contributed by atoms with Gasteiger partial charge in [0.1, 0.15) is 0 Å². The Labute approximate surface area is 153 Å². The molecule has 0 aliphatic heterocycles. The molecule has 0 N–H and O–H groups in total. The summed E-state index contributed by atoms with van der Waals surface area (Å²) < 4.78 is 0. The van der Waals surface area contributed by atoms with Gasteiger partial charge in [0.15, 0.2) is 5.78 Å². The third kappa shape index (κ3) is 2.80. The topological polar surface area (TPSA) is 53.8 Å². The summed E-state index contributed by atoms with van der Waals surface area (Å²) in [5, 5.41) is 9.11. The van der Waals surface area contributed by atoms with E-state index < -0.39 is 0 Å². The minimum atomic E-state index is 0.163. The molecule has 0 radical (unpaired) electrons. The van der Waals surface area contributed by atoms with Crippen LogP contribution in [0.1, 0.15) is 52.2 Å². The van der Waals surface area contributed by atoms with Gasteiger partial charge in [0, 0.05) is 24.4 Å². The van der Waals surface area contributed by atoms with Gasteiger partial charge >= 0.3 is 0 Å². The molecule has 2 aromatic carbocycles. The fraction of sp³-hybridized carbons (Fsp3) is 0.174. The molecule has 0 amide bonds. The van der Waals surface area contributed by atoms with Gasteiger partial charge in [-0.25, -0.2) is 0 Å². The lowest BCUT2D eigenvalue weighted by molar-refractivity contribution is 0.0958. The van der Waals surface area contributed by atoms with Crippen molar-refractivity contribution in [2.75, 3.05) is 0 Å². The summed E-state index contributed by atoms with van der Waals surface area (Å²) in [6.45, 7) is 2.18. The van der Waals surface area contributed by atoms with Crippen LogP contribution in [0.3, 0.4) is 0 Å². The van der Waals surface area contributed by atoms with Crippen molar-refractivity contribution in [2.24, 2.45) is 0 Å². The zero-order chi connectivity index (χ0) is 18.1. The average Bonchev–Trinajstić information content (AvgIpc) is 2.71. The van der Waals surface area contributed by atoms with Crippen LogP contribution in [0.25, 0.3) is 11.1 Å². The summed E-state index contributed by atoms with van der Waals surface area (Å²) in [6.07, 6.45) is 4.12. The largest absolute Gasteiger partial charge is 0.294 e. The van der Waals surface area contributed by atoms with Gasteiger partial charge in [-0.1, -0.05) is 37.3 Å². The number of fused-ring (bicyclic) bond motifs is 1. The highest BCUT2D eigenvalue weighted by molar-refractivity contribution is 6.00. The lowest BCUT2D eigenvalue weighted by Crippen LogP contribution is -2.22. The minimum Gasteiger partial charge on any atom is -0.294 e. The Morgan fingerprint density at radius 1 is 1.08 bits per heavy atom. The van der Waals surface area contributed by atoms with Crippen LogP contribution < -0.4 is 0 Å². The normalized spacial score (nSPS) is 18.8. The van der Waals surface area contributed by atoms with Gasteiger partial charge in [0.25, 0.3) is 0 Å².